The Morgan fingerprint density at radius 3 is 2.70 bits per heavy atom. The Balaban J connectivity index is 2.62. The van der Waals surface area contributed by atoms with Crippen LogP contribution < -0.4 is 10.5 Å². The van der Waals surface area contributed by atoms with Crippen LogP contribution in [0.3, 0.4) is 0 Å². The number of fused-ring (bicyclic) bond motifs is 1. The molecule has 0 aromatic carbocycles. The van der Waals surface area contributed by atoms with Crippen molar-refractivity contribution in [2.75, 3.05) is 7.11 Å². The molecule has 2 heterocycles. The lowest BCUT2D eigenvalue weighted by Gasteiger charge is -2.16. The van der Waals surface area contributed by atoms with Crippen LogP contribution in [0.5, 0.6) is 5.88 Å². The van der Waals surface area contributed by atoms with Gasteiger partial charge in [-0.2, -0.15) is 4.98 Å². The lowest BCUT2D eigenvalue weighted by atomic mass is 10.2. The lowest BCUT2D eigenvalue weighted by molar-refractivity contribution is -0.118. The number of nitrogens with zero attached hydrogens (tertiary/aromatic N) is 3. The van der Waals surface area contributed by atoms with Gasteiger partial charge in [0.05, 0.1) is 12.5 Å². The summed E-state index contributed by atoms with van der Waals surface area (Å²) in [7, 11) is 1.55. The van der Waals surface area contributed by atoms with E-state index in [1.165, 1.54) is 0 Å². The first-order valence-corrected chi connectivity index (χ1v) is 6.73. The molecule has 2 atom stereocenters. The van der Waals surface area contributed by atoms with Crippen LogP contribution in [0.4, 0.5) is 0 Å². The molecule has 0 saturated heterocycles. The SMILES string of the molecule is COc1ccc2nc(C(C)Cl)n(C(C)CC(N)=O)c2n1. The second-order valence-electron chi connectivity index (χ2n) is 4.67. The first kappa shape index (κ1) is 14.6. The Bertz CT molecular complexity index is 639. The number of pyridine rings is 1. The largest absolute Gasteiger partial charge is 0.481 e. The monoisotopic (exact) mass is 296 g/mol. The number of hydrogen-bond acceptors (Lipinski definition) is 4. The fourth-order valence-electron chi connectivity index (χ4n) is 2.19. The van der Waals surface area contributed by atoms with Gasteiger partial charge < -0.3 is 15.0 Å². The van der Waals surface area contributed by atoms with Crippen LogP contribution in [0.15, 0.2) is 12.1 Å². The van der Waals surface area contributed by atoms with Gasteiger partial charge in [0.25, 0.3) is 0 Å². The maximum atomic E-state index is 11.2. The van der Waals surface area contributed by atoms with E-state index >= 15 is 0 Å². The Morgan fingerprint density at radius 1 is 1.45 bits per heavy atom. The molecule has 0 bridgehead atoms. The lowest BCUT2D eigenvalue weighted by Crippen LogP contribution is -2.19. The molecule has 0 fully saturated rings. The van der Waals surface area contributed by atoms with Crippen molar-refractivity contribution in [3.05, 3.63) is 18.0 Å². The Morgan fingerprint density at radius 2 is 2.15 bits per heavy atom. The number of imidazole rings is 1. The number of methoxy groups -OCH3 is 1. The third-order valence-electron chi connectivity index (χ3n) is 3.04. The molecule has 0 aliphatic rings. The number of primary amides is 1. The number of alkyl halides is 1. The van der Waals surface area contributed by atoms with Crippen LogP contribution in [-0.4, -0.2) is 27.6 Å². The topological polar surface area (TPSA) is 83.0 Å². The Kier molecular flexibility index (Phi) is 4.13. The van der Waals surface area contributed by atoms with Crippen molar-refractivity contribution in [1.82, 2.24) is 14.5 Å². The highest BCUT2D eigenvalue weighted by atomic mass is 35.5. The van der Waals surface area contributed by atoms with Gasteiger partial charge in [-0.05, 0) is 19.9 Å². The van der Waals surface area contributed by atoms with Crippen molar-refractivity contribution in [3.63, 3.8) is 0 Å². The molecule has 0 saturated carbocycles. The fourth-order valence-corrected chi connectivity index (χ4v) is 2.34. The minimum Gasteiger partial charge on any atom is -0.481 e. The standard InChI is InChI=1S/C13H17ClN4O2/c1-7(6-10(15)19)18-12(8(2)14)16-9-4-5-11(20-3)17-13(9)18/h4-5,7-8H,6H2,1-3H3,(H2,15,19). The van der Waals surface area contributed by atoms with Crippen LogP contribution in [0.1, 0.15) is 37.5 Å². The Labute approximate surface area is 121 Å². The molecular formula is C13H17ClN4O2. The molecule has 0 aliphatic carbocycles. The quantitative estimate of drug-likeness (QED) is 0.857. The van der Waals surface area contributed by atoms with Crippen LogP contribution >= 0.6 is 11.6 Å². The van der Waals surface area contributed by atoms with Gasteiger partial charge in [0.2, 0.25) is 11.8 Å². The van der Waals surface area contributed by atoms with E-state index in [0.717, 1.165) is 0 Å². The third kappa shape index (κ3) is 2.70. The molecule has 108 valence electrons. The van der Waals surface area contributed by atoms with Gasteiger partial charge in [-0.3, -0.25) is 4.79 Å². The molecule has 0 spiro atoms. The van der Waals surface area contributed by atoms with Crippen molar-refractivity contribution in [2.24, 2.45) is 5.73 Å². The molecule has 2 rings (SSSR count). The highest BCUT2D eigenvalue weighted by Crippen LogP contribution is 2.29. The van der Waals surface area contributed by atoms with E-state index in [1.54, 1.807) is 13.2 Å². The summed E-state index contributed by atoms with van der Waals surface area (Å²) in [6.45, 7) is 3.71. The first-order chi connectivity index (χ1) is 9.43. The van der Waals surface area contributed by atoms with E-state index < -0.39 is 0 Å². The van der Waals surface area contributed by atoms with Gasteiger partial charge in [0, 0.05) is 18.5 Å². The minimum absolute atomic E-state index is 0.173. The average Bonchev–Trinajstić information content (AvgIpc) is 2.76. The van der Waals surface area contributed by atoms with Gasteiger partial charge >= 0.3 is 0 Å². The summed E-state index contributed by atoms with van der Waals surface area (Å²) in [4.78, 5) is 20.0. The number of halogens is 1. The van der Waals surface area contributed by atoms with Crippen LogP contribution in [-0.2, 0) is 4.79 Å². The van der Waals surface area contributed by atoms with E-state index in [0.29, 0.717) is 22.9 Å². The summed E-state index contributed by atoms with van der Waals surface area (Å²) >= 11 is 6.18. The zero-order chi connectivity index (χ0) is 14.9. The number of carbonyl (C=O) groups excluding carboxylic acids is 1. The summed E-state index contributed by atoms with van der Waals surface area (Å²) in [5.41, 5.74) is 6.63. The Hall–Kier alpha value is -1.82. The van der Waals surface area contributed by atoms with Gasteiger partial charge in [-0.25, -0.2) is 4.98 Å². The number of hydrogen-bond donors (Lipinski definition) is 1. The van der Waals surface area contributed by atoms with Gasteiger partial charge in [0.15, 0.2) is 5.65 Å². The molecule has 0 radical (unpaired) electrons. The normalized spacial score (nSPS) is 14.2. The number of carbonyl (C=O) groups is 1. The molecule has 1 amide bonds. The summed E-state index contributed by atoms with van der Waals surface area (Å²) in [6, 6.07) is 3.38. The van der Waals surface area contributed by atoms with E-state index in [2.05, 4.69) is 9.97 Å². The summed E-state index contributed by atoms with van der Waals surface area (Å²) < 4.78 is 6.98. The molecule has 0 aliphatic heterocycles. The van der Waals surface area contributed by atoms with E-state index in [-0.39, 0.29) is 23.7 Å². The smallest absolute Gasteiger partial charge is 0.219 e. The van der Waals surface area contributed by atoms with E-state index in [1.807, 2.05) is 24.5 Å². The molecular weight excluding hydrogens is 280 g/mol. The highest BCUT2D eigenvalue weighted by Gasteiger charge is 2.21. The molecule has 20 heavy (non-hydrogen) atoms. The van der Waals surface area contributed by atoms with Crippen LogP contribution in [0.25, 0.3) is 11.2 Å². The second kappa shape index (κ2) is 5.66. The highest BCUT2D eigenvalue weighted by molar-refractivity contribution is 6.20. The summed E-state index contributed by atoms with van der Waals surface area (Å²) in [5.74, 6) is 0.769. The fraction of sp³-hybridized carbons (Fsp3) is 0.462. The predicted molar refractivity (Wildman–Crippen MR) is 76.9 cm³/mol. The number of rotatable bonds is 5. The average molecular weight is 297 g/mol. The predicted octanol–water partition coefficient (Wildman–Crippen LogP) is 2.18. The van der Waals surface area contributed by atoms with E-state index in [4.69, 9.17) is 22.1 Å². The first-order valence-electron chi connectivity index (χ1n) is 6.29. The maximum absolute atomic E-state index is 11.2. The van der Waals surface area contributed by atoms with Gasteiger partial charge in [0.1, 0.15) is 11.3 Å². The number of amides is 1. The maximum Gasteiger partial charge on any atom is 0.219 e. The summed E-state index contributed by atoms with van der Waals surface area (Å²) in [6.07, 6.45) is 0.195. The van der Waals surface area contributed by atoms with E-state index in [9.17, 15) is 4.79 Å². The van der Waals surface area contributed by atoms with Crippen molar-refractivity contribution < 1.29 is 9.53 Å². The molecule has 6 nitrogen and oxygen atoms in total. The number of aromatic nitrogens is 3. The molecule has 7 heteroatoms. The molecule has 2 aromatic heterocycles. The van der Waals surface area contributed by atoms with Crippen LogP contribution in [0, 0.1) is 0 Å². The molecule has 2 aromatic rings. The van der Waals surface area contributed by atoms with Crippen LogP contribution in [0.2, 0.25) is 0 Å². The number of ether oxygens (including phenoxy) is 1. The van der Waals surface area contributed by atoms with Gasteiger partial charge in [-0.15, -0.1) is 11.6 Å². The van der Waals surface area contributed by atoms with Gasteiger partial charge in [-0.1, -0.05) is 0 Å². The van der Waals surface area contributed by atoms with Crippen molar-refractivity contribution in [2.45, 2.75) is 31.7 Å². The minimum atomic E-state index is -0.379. The van der Waals surface area contributed by atoms with Crippen molar-refractivity contribution >= 4 is 28.7 Å². The third-order valence-corrected chi connectivity index (χ3v) is 3.24. The zero-order valence-corrected chi connectivity index (χ0v) is 12.4. The van der Waals surface area contributed by atoms with Crippen molar-refractivity contribution in [3.8, 4) is 5.88 Å². The zero-order valence-electron chi connectivity index (χ0n) is 11.6. The van der Waals surface area contributed by atoms with Crippen molar-refractivity contribution in [1.29, 1.82) is 0 Å². The number of nitrogens with two attached hydrogens (primary N) is 1. The second-order valence-corrected chi connectivity index (χ2v) is 5.33. The summed E-state index contributed by atoms with van der Waals surface area (Å²) in [5, 5.41) is -0.300. The molecule has 2 N–H and O–H groups in total. The molecule has 2 unspecified atom stereocenters.